The van der Waals surface area contributed by atoms with Crippen LogP contribution in [0.1, 0.15) is 16.7 Å². The molecule has 35 heavy (non-hydrogen) atoms. The Morgan fingerprint density at radius 1 is 0.857 bits per heavy atom. The highest BCUT2D eigenvalue weighted by atomic mass is 32.2. The number of hydrogen-bond acceptors (Lipinski definition) is 3. The minimum Gasteiger partial charge on any atom is -0.342 e. The monoisotopic (exact) mass is 490 g/mol. The average molecular weight is 491 g/mol. The number of aromatic nitrogens is 1. The quantitative estimate of drug-likeness (QED) is 0.192. The first-order valence-electron chi connectivity index (χ1n) is 11.5. The van der Waals surface area contributed by atoms with E-state index in [1.165, 1.54) is 28.1 Å². The number of benzene rings is 4. The van der Waals surface area contributed by atoms with Crippen LogP contribution < -0.4 is 4.90 Å². The van der Waals surface area contributed by atoms with E-state index in [4.69, 9.17) is 12.2 Å². The molecule has 1 fully saturated rings. The number of amides is 1. The second kappa shape index (κ2) is 8.84. The third kappa shape index (κ3) is 3.97. The summed E-state index contributed by atoms with van der Waals surface area (Å²) in [5, 5.41) is 3.61. The summed E-state index contributed by atoms with van der Waals surface area (Å²) in [5.74, 6) is -0.0743. The summed E-state index contributed by atoms with van der Waals surface area (Å²) in [7, 11) is 0. The fourth-order valence-electron chi connectivity index (χ4n) is 4.66. The number of hydrogen-bond donors (Lipinski definition) is 0. The molecule has 1 aliphatic heterocycles. The number of fused-ring (bicyclic) bond motifs is 2. The lowest BCUT2D eigenvalue weighted by Gasteiger charge is -2.14. The second-order valence-electron chi connectivity index (χ2n) is 8.72. The molecular formula is C30H22N2OS2. The van der Waals surface area contributed by atoms with Gasteiger partial charge in [-0.25, -0.2) is 0 Å². The van der Waals surface area contributed by atoms with Crippen molar-refractivity contribution in [3.63, 3.8) is 0 Å². The molecule has 0 radical (unpaired) electrons. The van der Waals surface area contributed by atoms with Gasteiger partial charge in [-0.05, 0) is 47.5 Å². The molecule has 170 valence electrons. The summed E-state index contributed by atoms with van der Waals surface area (Å²) < 4.78 is 2.83. The third-order valence-corrected chi connectivity index (χ3v) is 7.71. The summed E-state index contributed by atoms with van der Waals surface area (Å²) in [6.45, 7) is 2.78. The van der Waals surface area contributed by atoms with Crippen molar-refractivity contribution in [2.75, 3.05) is 4.90 Å². The highest BCUT2D eigenvalue weighted by molar-refractivity contribution is 8.27. The molecular weight excluding hydrogens is 468 g/mol. The number of anilines is 1. The molecule has 1 aliphatic rings. The van der Waals surface area contributed by atoms with Gasteiger partial charge < -0.3 is 4.57 Å². The maximum Gasteiger partial charge on any atom is 0.270 e. The van der Waals surface area contributed by atoms with Crippen LogP contribution in [0.5, 0.6) is 0 Å². The van der Waals surface area contributed by atoms with E-state index in [0.29, 0.717) is 9.23 Å². The first-order chi connectivity index (χ1) is 17.1. The molecule has 2 heterocycles. The van der Waals surface area contributed by atoms with Gasteiger partial charge in [0.25, 0.3) is 5.91 Å². The fourth-order valence-corrected chi connectivity index (χ4v) is 5.95. The number of carbonyl (C=O) groups excluding carboxylic acids is 1. The van der Waals surface area contributed by atoms with E-state index >= 15 is 0 Å². The van der Waals surface area contributed by atoms with Crippen LogP contribution in [0.4, 0.5) is 5.69 Å². The van der Waals surface area contributed by atoms with Gasteiger partial charge in [0, 0.05) is 29.2 Å². The molecule has 0 saturated carbocycles. The highest BCUT2D eigenvalue weighted by Crippen LogP contribution is 2.37. The Hall–Kier alpha value is -3.67. The van der Waals surface area contributed by atoms with Crippen molar-refractivity contribution < 1.29 is 4.79 Å². The van der Waals surface area contributed by atoms with Crippen molar-refractivity contribution >= 4 is 67.6 Å². The first kappa shape index (κ1) is 21.8. The molecule has 0 bridgehead atoms. The predicted octanol–water partition coefficient (Wildman–Crippen LogP) is 7.56. The smallest absolute Gasteiger partial charge is 0.270 e. The number of carbonyl (C=O) groups is 1. The normalized spacial score (nSPS) is 15.1. The maximum absolute atomic E-state index is 13.3. The number of rotatable bonds is 4. The lowest BCUT2D eigenvalue weighted by atomic mass is 10.0. The Morgan fingerprint density at radius 3 is 2.40 bits per heavy atom. The van der Waals surface area contributed by atoms with E-state index in [-0.39, 0.29) is 5.91 Å². The van der Waals surface area contributed by atoms with Crippen molar-refractivity contribution in [1.29, 1.82) is 0 Å². The van der Waals surface area contributed by atoms with Crippen LogP contribution in [0, 0.1) is 6.92 Å². The number of aryl methyl sites for hydroxylation is 1. The third-order valence-electron chi connectivity index (χ3n) is 6.41. The summed E-state index contributed by atoms with van der Waals surface area (Å²) in [6.07, 6.45) is 4.13. The standard InChI is InChI=1S/C30H22N2OS2/c1-20-13-15-24(16-14-20)32-29(33)28(35-30(32)34)17-23-19-31(27-12-5-4-11-26(23)27)18-22-9-6-8-21-7-2-3-10-25(21)22/h2-17,19H,18H2,1H3. The fraction of sp³-hybridized carbons (Fsp3) is 0.0667. The lowest BCUT2D eigenvalue weighted by Crippen LogP contribution is -2.27. The van der Waals surface area contributed by atoms with E-state index in [1.807, 2.05) is 43.3 Å². The predicted molar refractivity (Wildman–Crippen MR) is 152 cm³/mol. The molecule has 5 heteroatoms. The summed E-state index contributed by atoms with van der Waals surface area (Å²) in [4.78, 5) is 15.6. The number of nitrogens with zero attached hydrogens (tertiary/aromatic N) is 2. The van der Waals surface area contributed by atoms with Crippen LogP contribution in [0.3, 0.4) is 0 Å². The Labute approximate surface area is 213 Å². The van der Waals surface area contributed by atoms with Gasteiger partial charge >= 0.3 is 0 Å². The van der Waals surface area contributed by atoms with Gasteiger partial charge in [0.2, 0.25) is 0 Å². The highest BCUT2D eigenvalue weighted by Gasteiger charge is 2.33. The minimum absolute atomic E-state index is 0.0743. The van der Waals surface area contributed by atoms with Crippen molar-refractivity contribution in [2.45, 2.75) is 13.5 Å². The molecule has 1 amide bonds. The Kier molecular flexibility index (Phi) is 5.51. The topological polar surface area (TPSA) is 25.2 Å². The molecule has 0 N–H and O–H groups in total. The molecule has 4 aromatic carbocycles. The van der Waals surface area contributed by atoms with Crippen molar-refractivity contribution in [3.8, 4) is 0 Å². The number of thioether (sulfide) groups is 1. The van der Waals surface area contributed by atoms with Gasteiger partial charge in [0.1, 0.15) is 0 Å². The van der Waals surface area contributed by atoms with Gasteiger partial charge in [-0.2, -0.15) is 0 Å². The van der Waals surface area contributed by atoms with Crippen LogP contribution in [0.25, 0.3) is 27.8 Å². The van der Waals surface area contributed by atoms with Gasteiger partial charge in [-0.15, -0.1) is 0 Å². The summed E-state index contributed by atoms with van der Waals surface area (Å²) in [5.41, 5.74) is 5.38. The molecule has 0 spiro atoms. The zero-order chi connectivity index (χ0) is 23.9. The molecule has 0 aliphatic carbocycles. The van der Waals surface area contributed by atoms with E-state index < -0.39 is 0 Å². The van der Waals surface area contributed by atoms with Gasteiger partial charge in [-0.1, -0.05) is 102 Å². The van der Waals surface area contributed by atoms with E-state index in [2.05, 4.69) is 71.4 Å². The molecule has 0 atom stereocenters. The zero-order valence-electron chi connectivity index (χ0n) is 19.1. The molecule has 6 rings (SSSR count). The van der Waals surface area contributed by atoms with E-state index in [0.717, 1.165) is 34.3 Å². The largest absolute Gasteiger partial charge is 0.342 e. The summed E-state index contributed by atoms with van der Waals surface area (Å²) in [6, 6.07) is 31.1. The van der Waals surface area contributed by atoms with Crippen molar-refractivity contribution in [1.82, 2.24) is 4.57 Å². The number of thiocarbonyl (C=S) groups is 1. The maximum atomic E-state index is 13.3. The SMILES string of the molecule is Cc1ccc(N2C(=O)C(=Cc3cn(Cc4cccc5ccccc45)c4ccccc34)SC2=S)cc1. The average Bonchev–Trinajstić information content (AvgIpc) is 3.36. The van der Waals surface area contributed by atoms with Gasteiger partial charge in [-0.3, -0.25) is 9.69 Å². The van der Waals surface area contributed by atoms with Crippen LogP contribution in [0.15, 0.2) is 102 Å². The molecule has 1 aromatic heterocycles. The Morgan fingerprint density at radius 2 is 1.57 bits per heavy atom. The van der Waals surface area contributed by atoms with Crippen LogP contribution >= 0.6 is 24.0 Å². The molecule has 3 nitrogen and oxygen atoms in total. The minimum atomic E-state index is -0.0743. The molecule has 5 aromatic rings. The van der Waals surface area contributed by atoms with Crippen molar-refractivity contribution in [2.24, 2.45) is 0 Å². The Balaban J connectivity index is 1.39. The lowest BCUT2D eigenvalue weighted by molar-refractivity contribution is -0.113. The number of para-hydroxylation sites is 1. The van der Waals surface area contributed by atoms with Crippen LogP contribution in [-0.4, -0.2) is 14.8 Å². The van der Waals surface area contributed by atoms with E-state index in [1.54, 1.807) is 4.90 Å². The van der Waals surface area contributed by atoms with Gasteiger partial charge in [0.05, 0.1) is 10.6 Å². The zero-order valence-corrected chi connectivity index (χ0v) is 20.8. The molecule has 1 saturated heterocycles. The van der Waals surface area contributed by atoms with E-state index in [9.17, 15) is 4.79 Å². The Bertz CT molecular complexity index is 1640. The second-order valence-corrected chi connectivity index (χ2v) is 10.4. The van der Waals surface area contributed by atoms with Crippen molar-refractivity contribution in [3.05, 3.63) is 119 Å². The molecule has 0 unspecified atom stereocenters. The van der Waals surface area contributed by atoms with Crippen LogP contribution in [0.2, 0.25) is 0 Å². The van der Waals surface area contributed by atoms with Crippen LogP contribution in [-0.2, 0) is 11.3 Å². The first-order valence-corrected chi connectivity index (χ1v) is 12.7. The van der Waals surface area contributed by atoms with Gasteiger partial charge in [0.15, 0.2) is 4.32 Å². The summed E-state index contributed by atoms with van der Waals surface area (Å²) >= 11 is 6.94.